The smallest absolute Gasteiger partial charge is 0.271 e. The molecule has 9 heteroatoms. The molecule has 20 heavy (non-hydrogen) atoms. The summed E-state index contributed by atoms with van der Waals surface area (Å²) in [6.45, 7) is 1.77. The van der Waals surface area contributed by atoms with Gasteiger partial charge in [0.05, 0.1) is 13.9 Å². The highest BCUT2D eigenvalue weighted by Gasteiger charge is 2.17. The summed E-state index contributed by atoms with van der Waals surface area (Å²) in [5.74, 6) is 0.740. The molecule has 1 aromatic carbocycles. The molecule has 0 aliphatic heterocycles. The maximum absolute atomic E-state index is 10.8. The quantitative estimate of drug-likeness (QED) is 0.620. The van der Waals surface area contributed by atoms with Crippen molar-refractivity contribution >= 4 is 43.5 Å². The third-order valence-electron chi connectivity index (χ3n) is 2.34. The number of benzene rings is 1. The molecule has 0 amide bonds. The van der Waals surface area contributed by atoms with E-state index in [4.69, 9.17) is 10.5 Å². The van der Waals surface area contributed by atoms with E-state index in [1.807, 2.05) is 0 Å². The van der Waals surface area contributed by atoms with Crippen LogP contribution in [0.25, 0.3) is 0 Å². The summed E-state index contributed by atoms with van der Waals surface area (Å²) in [7, 11) is 0. The lowest BCUT2D eigenvalue weighted by Gasteiger charge is -2.11. The molecule has 0 aliphatic rings. The zero-order valence-electron chi connectivity index (χ0n) is 10.1. The Kier molecular flexibility index (Phi) is 4.19. The number of nitrogens with zero attached hydrogens (tertiary/aromatic N) is 3. The number of aryl methyl sites for hydroxylation is 1. The molecule has 0 aliphatic carbocycles. The number of halogens is 2. The van der Waals surface area contributed by atoms with E-state index in [0.29, 0.717) is 20.3 Å². The number of non-ortho nitro benzene ring substituents is 1. The molecule has 2 N–H and O–H groups in total. The highest BCUT2D eigenvalue weighted by Crippen LogP contribution is 2.39. The summed E-state index contributed by atoms with van der Waals surface area (Å²) in [5.41, 5.74) is 6.14. The van der Waals surface area contributed by atoms with E-state index in [1.165, 1.54) is 18.3 Å². The summed E-state index contributed by atoms with van der Waals surface area (Å²) in [6, 6.07) is 2.69. The number of ether oxygens (including phenoxy) is 1. The van der Waals surface area contributed by atoms with Crippen molar-refractivity contribution in [2.75, 3.05) is 5.73 Å². The first-order valence-corrected chi connectivity index (χ1v) is 6.87. The fourth-order valence-electron chi connectivity index (χ4n) is 1.39. The fourth-order valence-corrected chi connectivity index (χ4v) is 2.71. The molecule has 0 saturated carbocycles. The molecular formula is C11H8Br2N4O3. The van der Waals surface area contributed by atoms with Crippen molar-refractivity contribution < 1.29 is 9.66 Å². The van der Waals surface area contributed by atoms with Crippen molar-refractivity contribution in [3.63, 3.8) is 0 Å². The lowest BCUT2D eigenvalue weighted by molar-refractivity contribution is -0.385. The van der Waals surface area contributed by atoms with E-state index in [0.717, 1.165) is 0 Å². The van der Waals surface area contributed by atoms with Gasteiger partial charge in [0.2, 0.25) is 11.8 Å². The fraction of sp³-hybridized carbons (Fsp3) is 0.0909. The molecule has 0 fully saturated rings. The van der Waals surface area contributed by atoms with Crippen LogP contribution in [0.1, 0.15) is 5.56 Å². The van der Waals surface area contributed by atoms with Gasteiger partial charge in [-0.25, -0.2) is 4.98 Å². The van der Waals surface area contributed by atoms with E-state index in [1.54, 1.807) is 6.92 Å². The molecule has 0 bridgehead atoms. The van der Waals surface area contributed by atoms with Crippen molar-refractivity contribution in [1.29, 1.82) is 0 Å². The predicted molar refractivity (Wildman–Crippen MR) is 79.8 cm³/mol. The lowest BCUT2D eigenvalue weighted by Crippen LogP contribution is -2.00. The van der Waals surface area contributed by atoms with Gasteiger partial charge in [0.15, 0.2) is 5.75 Å². The molecule has 2 rings (SSSR count). The molecule has 0 spiro atoms. The van der Waals surface area contributed by atoms with Gasteiger partial charge in [0.1, 0.15) is 0 Å². The molecule has 104 valence electrons. The summed E-state index contributed by atoms with van der Waals surface area (Å²) < 4.78 is 6.49. The van der Waals surface area contributed by atoms with Gasteiger partial charge in [-0.3, -0.25) is 10.1 Å². The van der Waals surface area contributed by atoms with Crippen LogP contribution >= 0.6 is 31.9 Å². The van der Waals surface area contributed by atoms with Crippen LogP contribution in [0, 0.1) is 17.0 Å². The van der Waals surface area contributed by atoms with Crippen molar-refractivity contribution in [3.05, 3.63) is 43.0 Å². The third-order valence-corrected chi connectivity index (χ3v) is 3.51. The van der Waals surface area contributed by atoms with E-state index in [-0.39, 0.29) is 17.5 Å². The number of nitrogens with two attached hydrogens (primary N) is 1. The normalized spacial score (nSPS) is 10.3. The Morgan fingerprint density at radius 2 is 1.95 bits per heavy atom. The van der Waals surface area contributed by atoms with E-state index < -0.39 is 4.92 Å². The number of nitro benzene ring substituents is 1. The van der Waals surface area contributed by atoms with Gasteiger partial charge < -0.3 is 10.5 Å². The summed E-state index contributed by atoms with van der Waals surface area (Å²) in [5, 5.41) is 10.8. The predicted octanol–water partition coefficient (Wildman–Crippen LogP) is 3.59. The minimum atomic E-state index is -0.493. The Morgan fingerprint density at radius 1 is 1.35 bits per heavy atom. The van der Waals surface area contributed by atoms with Gasteiger partial charge >= 0.3 is 0 Å². The molecule has 0 saturated heterocycles. The summed E-state index contributed by atoms with van der Waals surface area (Å²) >= 11 is 6.47. The van der Waals surface area contributed by atoms with Crippen molar-refractivity contribution in [1.82, 2.24) is 9.97 Å². The monoisotopic (exact) mass is 402 g/mol. The number of hydrogen-bond acceptors (Lipinski definition) is 6. The highest BCUT2D eigenvalue weighted by atomic mass is 79.9. The molecule has 0 radical (unpaired) electrons. The van der Waals surface area contributed by atoms with Gasteiger partial charge in [-0.05, 0) is 38.8 Å². The van der Waals surface area contributed by atoms with E-state index in [9.17, 15) is 10.1 Å². The molecule has 1 aromatic heterocycles. The summed E-state index contributed by atoms with van der Waals surface area (Å²) in [6.07, 6.45) is 1.53. The van der Waals surface area contributed by atoms with E-state index in [2.05, 4.69) is 41.8 Å². The maximum Gasteiger partial charge on any atom is 0.271 e. The van der Waals surface area contributed by atoms with Gasteiger partial charge in [-0.2, -0.15) is 4.98 Å². The van der Waals surface area contributed by atoms with Gasteiger partial charge in [-0.15, -0.1) is 0 Å². The van der Waals surface area contributed by atoms with Crippen LogP contribution in [0.3, 0.4) is 0 Å². The average molecular weight is 404 g/mol. The van der Waals surface area contributed by atoms with Crippen molar-refractivity contribution in [2.45, 2.75) is 6.92 Å². The van der Waals surface area contributed by atoms with Crippen LogP contribution in [-0.4, -0.2) is 14.9 Å². The highest BCUT2D eigenvalue weighted by molar-refractivity contribution is 9.11. The first-order valence-electron chi connectivity index (χ1n) is 5.29. The Bertz CT molecular complexity index is 670. The lowest BCUT2D eigenvalue weighted by atomic mass is 10.3. The van der Waals surface area contributed by atoms with Gasteiger partial charge in [0.25, 0.3) is 5.69 Å². The SMILES string of the molecule is Cc1cnc(N)nc1Oc1c(Br)cc([N+](=O)[O-])cc1Br. The molecule has 0 atom stereocenters. The molecule has 0 unspecified atom stereocenters. The topological polar surface area (TPSA) is 104 Å². The molecule has 1 heterocycles. The van der Waals surface area contributed by atoms with Crippen molar-refractivity contribution in [2.24, 2.45) is 0 Å². The van der Waals surface area contributed by atoms with Crippen molar-refractivity contribution in [3.8, 4) is 11.6 Å². The summed E-state index contributed by atoms with van der Waals surface area (Å²) in [4.78, 5) is 18.1. The van der Waals surface area contributed by atoms with Gasteiger partial charge in [-0.1, -0.05) is 0 Å². The first-order chi connectivity index (χ1) is 9.38. The van der Waals surface area contributed by atoms with Crippen LogP contribution in [0.15, 0.2) is 27.3 Å². The average Bonchev–Trinajstić information content (AvgIpc) is 2.37. The zero-order valence-corrected chi connectivity index (χ0v) is 13.3. The van der Waals surface area contributed by atoms with Gasteiger partial charge in [0, 0.05) is 23.9 Å². The Balaban J connectivity index is 2.44. The number of rotatable bonds is 3. The number of nitrogen functional groups attached to an aromatic ring is 1. The van der Waals surface area contributed by atoms with E-state index >= 15 is 0 Å². The number of anilines is 1. The van der Waals surface area contributed by atoms with Crippen LogP contribution in [0.5, 0.6) is 11.6 Å². The third kappa shape index (κ3) is 3.05. The van der Waals surface area contributed by atoms with Crippen LogP contribution in [0.2, 0.25) is 0 Å². The minimum absolute atomic E-state index is 0.0602. The second kappa shape index (κ2) is 5.71. The molecule has 2 aromatic rings. The Labute approximate surface area is 130 Å². The Hall–Kier alpha value is -1.74. The second-order valence-corrected chi connectivity index (χ2v) is 5.52. The molecule has 7 nitrogen and oxygen atoms in total. The number of aromatic nitrogens is 2. The standard InChI is InChI=1S/C11H8Br2N4O3/c1-5-4-15-11(14)16-10(5)20-9-7(12)2-6(17(18)19)3-8(9)13/h2-4H,1H3,(H2,14,15,16). The number of hydrogen-bond donors (Lipinski definition) is 1. The first kappa shape index (κ1) is 14.7. The minimum Gasteiger partial charge on any atom is -0.436 e. The Morgan fingerprint density at radius 3 is 2.50 bits per heavy atom. The molecular weight excluding hydrogens is 396 g/mol. The second-order valence-electron chi connectivity index (χ2n) is 3.81. The van der Waals surface area contributed by atoms with Crippen LogP contribution < -0.4 is 10.5 Å². The number of nitro groups is 1. The van der Waals surface area contributed by atoms with Crippen LogP contribution in [0.4, 0.5) is 11.6 Å². The largest absolute Gasteiger partial charge is 0.436 e. The maximum atomic E-state index is 10.8. The van der Waals surface area contributed by atoms with Crippen LogP contribution in [-0.2, 0) is 0 Å². The zero-order chi connectivity index (χ0) is 14.9.